The van der Waals surface area contributed by atoms with E-state index in [0.717, 1.165) is 101 Å². The highest BCUT2D eigenvalue weighted by Crippen LogP contribution is 2.52. The van der Waals surface area contributed by atoms with Gasteiger partial charge in [0.2, 0.25) is 0 Å². The average molecular weight is 1180 g/mol. The van der Waals surface area contributed by atoms with Crippen LogP contribution in [0.4, 0.5) is 0 Å². The van der Waals surface area contributed by atoms with Gasteiger partial charge in [0.05, 0.1) is 97.7 Å². The smallest absolute Gasteiger partial charge is 0.311 e. The molecule has 482 valence electrons. The van der Waals surface area contributed by atoms with E-state index in [-0.39, 0.29) is 80.6 Å². The molecule has 2 aliphatic heterocycles. The van der Waals surface area contributed by atoms with Crippen molar-refractivity contribution in [2.45, 2.75) is 246 Å². The first-order chi connectivity index (χ1) is 39.1. The standard InChI is InChI=1S/C14H24O2.C13H22O2.C12H22O3.C11H20O3.C10H18O2.C9H16O2/c1-4-14(2,3)13(15)16-9-10-5-6-11-8-12(11)7-10;1-3-9(2)13(14)15-8-10-4-5-11-7-12(11)6-10;1-5-11(3,4)10(13)15-9-12(6-2)7-14-8-12;1-4-9(3)10(12)14-8-11(5-2)6-13-7-11;1-4-10(2,3)9(11)12-7-8-5-6-8;1-3-7(2)9(10)11-6-8-4-5-8/h10-12H,4-9H2,1-3H3;9-12H,3-8H2,1-2H3;5-9H2,1-4H3;9H,4-8H2,1-3H3;8H,4-7H2,1-3H3;7-8H,3-6H2,1-2H3. The third kappa shape index (κ3) is 26.7. The van der Waals surface area contributed by atoms with Gasteiger partial charge in [0.25, 0.3) is 0 Å². The van der Waals surface area contributed by atoms with Gasteiger partial charge in [-0.05, 0) is 217 Å². The van der Waals surface area contributed by atoms with Gasteiger partial charge in [0.15, 0.2) is 0 Å². The number of hydrogen-bond acceptors (Lipinski definition) is 14. The maximum Gasteiger partial charge on any atom is 0.311 e. The minimum atomic E-state index is -0.362. The molecule has 8 rings (SSSR count). The maximum atomic E-state index is 11.8. The third-order valence-corrected chi connectivity index (χ3v) is 20.0. The van der Waals surface area contributed by atoms with Gasteiger partial charge in [-0.25, -0.2) is 0 Å². The highest BCUT2D eigenvalue weighted by atomic mass is 16.6. The molecule has 83 heavy (non-hydrogen) atoms. The first-order valence-corrected chi connectivity index (χ1v) is 33.3. The Bertz CT molecular complexity index is 1930. The summed E-state index contributed by atoms with van der Waals surface area (Å²) in [5.41, 5.74) is -0.756. The molecule has 0 amide bonds. The summed E-state index contributed by atoms with van der Waals surface area (Å²) < 4.78 is 42.1. The monoisotopic (exact) mass is 1170 g/mol. The van der Waals surface area contributed by atoms with Crippen molar-refractivity contribution in [1.82, 2.24) is 0 Å². The molecular weight excluding hydrogens is 1050 g/mol. The van der Waals surface area contributed by atoms with E-state index < -0.39 is 0 Å². The van der Waals surface area contributed by atoms with Gasteiger partial charge in [-0.2, -0.15) is 0 Å². The molecule has 9 unspecified atom stereocenters. The second kappa shape index (κ2) is 35.5. The van der Waals surface area contributed by atoms with E-state index in [1.165, 1.54) is 77.0 Å². The van der Waals surface area contributed by atoms with Crippen LogP contribution in [0.15, 0.2) is 0 Å². The van der Waals surface area contributed by atoms with Crippen LogP contribution in [0.3, 0.4) is 0 Å². The van der Waals surface area contributed by atoms with Crippen molar-refractivity contribution in [1.29, 1.82) is 0 Å². The molecule has 0 N–H and O–H groups in total. The largest absolute Gasteiger partial charge is 0.465 e. The topological polar surface area (TPSA) is 176 Å². The van der Waals surface area contributed by atoms with Crippen molar-refractivity contribution >= 4 is 35.8 Å². The Labute approximate surface area is 504 Å². The van der Waals surface area contributed by atoms with Crippen molar-refractivity contribution in [3.63, 3.8) is 0 Å². The molecule has 6 aliphatic carbocycles. The Balaban J connectivity index is 0.000000262. The number of fused-ring (bicyclic) bond motifs is 2. The number of hydrogen-bond donors (Lipinski definition) is 0. The van der Waals surface area contributed by atoms with E-state index in [4.69, 9.17) is 37.9 Å². The van der Waals surface area contributed by atoms with Crippen LogP contribution in [0.2, 0.25) is 0 Å². The lowest BCUT2D eigenvalue weighted by Gasteiger charge is -2.40. The predicted molar refractivity (Wildman–Crippen MR) is 327 cm³/mol. The fraction of sp³-hybridized carbons (Fsp3) is 0.913. The first kappa shape index (κ1) is 74.0. The number of esters is 6. The zero-order chi connectivity index (χ0) is 62.2. The van der Waals surface area contributed by atoms with Gasteiger partial charge in [-0.3, -0.25) is 28.8 Å². The Morgan fingerprint density at radius 3 is 0.964 bits per heavy atom. The molecule has 0 spiro atoms. The van der Waals surface area contributed by atoms with Crippen LogP contribution in [-0.4, -0.2) is 102 Å². The van der Waals surface area contributed by atoms with Gasteiger partial charge in [0, 0.05) is 0 Å². The summed E-state index contributed by atoms with van der Waals surface area (Å²) in [4.78, 5) is 68.9. The lowest BCUT2D eigenvalue weighted by molar-refractivity contribution is -0.178. The molecule has 0 aromatic rings. The van der Waals surface area contributed by atoms with Gasteiger partial charge in [0.1, 0.15) is 13.2 Å². The Hall–Kier alpha value is -3.26. The Morgan fingerprint density at radius 1 is 0.386 bits per heavy atom. The summed E-state index contributed by atoms with van der Waals surface area (Å²) in [6, 6.07) is 0. The van der Waals surface area contributed by atoms with Gasteiger partial charge in [-0.1, -0.05) is 76.2 Å². The van der Waals surface area contributed by atoms with E-state index in [1.54, 1.807) is 0 Å². The molecule has 2 saturated heterocycles. The average Bonchev–Trinajstić information content (AvgIpc) is 4.37. The van der Waals surface area contributed by atoms with Crippen LogP contribution in [0.5, 0.6) is 0 Å². The van der Waals surface area contributed by atoms with E-state index in [9.17, 15) is 28.8 Å². The minimum absolute atomic E-state index is 0.00424. The first-order valence-electron chi connectivity index (χ1n) is 33.3. The second-order valence-electron chi connectivity index (χ2n) is 28.7. The Morgan fingerprint density at radius 2 is 0.675 bits per heavy atom. The quantitative estimate of drug-likeness (QED) is 0.0590. The van der Waals surface area contributed by atoms with Crippen molar-refractivity contribution < 1.29 is 66.7 Å². The summed E-state index contributed by atoms with van der Waals surface area (Å²) in [5, 5.41) is 0. The van der Waals surface area contributed by atoms with Crippen molar-refractivity contribution in [3.05, 3.63) is 0 Å². The predicted octanol–water partition coefficient (Wildman–Crippen LogP) is 15.2. The molecule has 0 bridgehead atoms. The van der Waals surface area contributed by atoms with Crippen LogP contribution < -0.4 is 0 Å². The molecule has 0 radical (unpaired) electrons. The molecular formula is C69H122O14. The molecule has 14 nitrogen and oxygen atoms in total. The summed E-state index contributed by atoms with van der Waals surface area (Å²) in [6.45, 7) is 40.3. The van der Waals surface area contributed by atoms with Crippen molar-refractivity contribution in [3.8, 4) is 0 Å². The molecule has 6 saturated carbocycles. The highest BCUT2D eigenvalue weighted by molar-refractivity contribution is 5.77. The normalized spacial score (nSPS) is 25.0. The zero-order valence-electron chi connectivity index (χ0n) is 55.8. The molecule has 14 heteroatoms. The molecule has 9 atom stereocenters. The molecule has 0 aromatic carbocycles. The van der Waals surface area contributed by atoms with Gasteiger partial charge < -0.3 is 37.9 Å². The Kier molecular flexibility index (Phi) is 31.7. The summed E-state index contributed by atoms with van der Waals surface area (Å²) in [6.07, 6.45) is 22.8. The minimum Gasteiger partial charge on any atom is -0.465 e. The zero-order valence-corrected chi connectivity index (χ0v) is 55.8. The van der Waals surface area contributed by atoms with Gasteiger partial charge in [-0.15, -0.1) is 0 Å². The van der Waals surface area contributed by atoms with Crippen LogP contribution in [0.1, 0.15) is 246 Å². The van der Waals surface area contributed by atoms with Crippen LogP contribution in [0.25, 0.3) is 0 Å². The SMILES string of the molecule is CCC(C)(C)C(=O)OCC1CC1.CCC(C)(C)C(=O)OCC1CCC2CC2C1.CCC(C)C(=O)OCC1(CC)COC1.CCC(C)C(=O)OCC1CC1.CCC(C)C(=O)OCC1CCC2CC2C1.CCC1(COC(=O)C(C)(C)CC)COC1. The van der Waals surface area contributed by atoms with Crippen molar-refractivity contribution in [2.24, 2.45) is 92.2 Å². The lowest BCUT2D eigenvalue weighted by Crippen LogP contribution is -2.47. The fourth-order valence-corrected chi connectivity index (χ4v) is 9.50. The summed E-state index contributed by atoms with van der Waals surface area (Å²) >= 11 is 0. The number of carbonyl (C=O) groups excluding carboxylic acids is 6. The number of carbonyl (C=O) groups is 6. The van der Waals surface area contributed by atoms with Crippen LogP contribution in [0, 0.1) is 92.2 Å². The maximum absolute atomic E-state index is 11.8. The van der Waals surface area contributed by atoms with Crippen molar-refractivity contribution in [2.75, 3.05) is 66.1 Å². The number of ether oxygens (including phenoxy) is 8. The van der Waals surface area contributed by atoms with Gasteiger partial charge >= 0.3 is 35.8 Å². The third-order valence-electron chi connectivity index (χ3n) is 20.0. The van der Waals surface area contributed by atoms with E-state index >= 15 is 0 Å². The summed E-state index contributed by atoms with van der Waals surface area (Å²) in [7, 11) is 0. The lowest BCUT2D eigenvalue weighted by atomic mass is 9.84. The van der Waals surface area contributed by atoms with E-state index in [1.807, 2.05) is 104 Å². The molecule has 0 aromatic heterocycles. The van der Waals surface area contributed by atoms with E-state index in [2.05, 4.69) is 13.8 Å². The second-order valence-corrected chi connectivity index (χ2v) is 28.7. The highest BCUT2D eigenvalue weighted by Gasteiger charge is 2.44. The molecule has 8 aliphatic rings. The molecule has 8 fully saturated rings. The summed E-state index contributed by atoms with van der Waals surface area (Å²) in [5.74, 6) is 6.55. The fourth-order valence-electron chi connectivity index (χ4n) is 9.50. The number of rotatable bonds is 26. The van der Waals surface area contributed by atoms with E-state index in [0.29, 0.717) is 63.3 Å². The van der Waals surface area contributed by atoms with Crippen LogP contribution in [-0.2, 0) is 66.7 Å². The van der Waals surface area contributed by atoms with Crippen LogP contribution >= 0.6 is 0 Å². The molecule has 2 heterocycles.